The van der Waals surface area contributed by atoms with Crippen molar-refractivity contribution in [2.45, 2.75) is 19.9 Å². The minimum absolute atomic E-state index is 0.0849. The van der Waals surface area contributed by atoms with Crippen LogP contribution in [-0.2, 0) is 11.3 Å². The Hall–Kier alpha value is -2.51. The van der Waals surface area contributed by atoms with Crippen molar-refractivity contribution >= 4 is 27.5 Å². The lowest BCUT2D eigenvalue weighted by atomic mass is 10.1. The summed E-state index contributed by atoms with van der Waals surface area (Å²) in [6.45, 7) is 3.62. The largest absolute Gasteiger partial charge is 0.490 e. The number of carbonyl (C=O) groups is 1. The monoisotopic (exact) mass is 388 g/mol. The Morgan fingerprint density at radius 1 is 1.26 bits per heavy atom. The fourth-order valence-corrected chi connectivity index (χ4v) is 3.28. The number of ether oxygens (including phenoxy) is 2. The maximum Gasteiger partial charge on any atom is 0.251 e. The summed E-state index contributed by atoms with van der Waals surface area (Å²) in [5.41, 5.74) is 3.50. The minimum Gasteiger partial charge on any atom is -0.490 e. The number of benzene rings is 2. The van der Waals surface area contributed by atoms with Crippen LogP contribution >= 0.6 is 11.3 Å². The third kappa shape index (κ3) is 5.02. The van der Waals surface area contributed by atoms with Gasteiger partial charge in [-0.1, -0.05) is 12.1 Å². The molecule has 3 aromatic rings. The molecule has 0 aliphatic carbocycles. The number of halogens is 1. The average molecular weight is 388 g/mol. The van der Waals surface area contributed by atoms with Crippen LogP contribution in [0, 0.1) is 5.82 Å². The third-order valence-corrected chi connectivity index (χ3v) is 4.76. The van der Waals surface area contributed by atoms with Gasteiger partial charge in [-0.05, 0) is 31.2 Å². The van der Waals surface area contributed by atoms with Crippen LogP contribution in [0.5, 0.6) is 5.75 Å². The first-order valence-corrected chi connectivity index (χ1v) is 9.66. The second-order valence-electron chi connectivity index (χ2n) is 5.85. The molecule has 1 amide bonds. The number of thiazole rings is 1. The van der Waals surface area contributed by atoms with Gasteiger partial charge < -0.3 is 14.8 Å². The molecule has 0 saturated heterocycles. The number of rotatable bonds is 9. The van der Waals surface area contributed by atoms with Gasteiger partial charge in [-0.3, -0.25) is 4.79 Å². The summed E-state index contributed by atoms with van der Waals surface area (Å²) in [6.07, 6.45) is 0.689. The van der Waals surface area contributed by atoms with Gasteiger partial charge in [-0.2, -0.15) is 0 Å². The van der Waals surface area contributed by atoms with Gasteiger partial charge in [-0.25, -0.2) is 9.37 Å². The van der Waals surface area contributed by atoms with Crippen LogP contribution in [0.25, 0.3) is 10.2 Å². The molecular formula is C20H21FN2O3S. The first kappa shape index (κ1) is 19.3. The summed E-state index contributed by atoms with van der Waals surface area (Å²) < 4.78 is 26.2. The van der Waals surface area contributed by atoms with E-state index in [9.17, 15) is 9.18 Å². The van der Waals surface area contributed by atoms with Gasteiger partial charge in [0.05, 0.1) is 22.3 Å². The van der Waals surface area contributed by atoms with Gasteiger partial charge in [0.15, 0.2) is 11.6 Å². The fraction of sp³-hybridized carbons (Fsp3) is 0.300. The SMILES string of the molecule is CCOCCCOc1cccc(CNC(=O)c2ccc3ncsc3c2)c1F. The van der Waals surface area contributed by atoms with E-state index < -0.39 is 5.82 Å². The molecule has 0 aliphatic heterocycles. The molecule has 0 saturated carbocycles. The zero-order valence-corrected chi connectivity index (χ0v) is 15.9. The van der Waals surface area contributed by atoms with Gasteiger partial charge >= 0.3 is 0 Å². The van der Waals surface area contributed by atoms with Gasteiger partial charge in [-0.15, -0.1) is 11.3 Å². The van der Waals surface area contributed by atoms with E-state index in [4.69, 9.17) is 9.47 Å². The predicted molar refractivity (Wildman–Crippen MR) is 104 cm³/mol. The van der Waals surface area contributed by atoms with Crippen molar-refractivity contribution in [2.75, 3.05) is 19.8 Å². The van der Waals surface area contributed by atoms with E-state index in [0.717, 1.165) is 10.2 Å². The molecular weight excluding hydrogens is 367 g/mol. The van der Waals surface area contributed by atoms with Crippen LogP contribution in [0.3, 0.4) is 0 Å². The number of amides is 1. The Labute approximate surface area is 161 Å². The number of hydrogen-bond donors (Lipinski definition) is 1. The molecule has 0 fully saturated rings. The van der Waals surface area contributed by atoms with E-state index in [1.54, 1.807) is 41.9 Å². The number of fused-ring (bicyclic) bond motifs is 1. The quantitative estimate of drug-likeness (QED) is 0.559. The summed E-state index contributed by atoms with van der Waals surface area (Å²) in [5, 5.41) is 2.75. The summed E-state index contributed by atoms with van der Waals surface area (Å²) >= 11 is 1.47. The van der Waals surface area contributed by atoms with Crippen molar-refractivity contribution < 1.29 is 18.7 Å². The van der Waals surface area contributed by atoms with E-state index >= 15 is 0 Å². The zero-order chi connectivity index (χ0) is 19.1. The van der Waals surface area contributed by atoms with Crippen molar-refractivity contribution in [3.8, 4) is 5.75 Å². The van der Waals surface area contributed by atoms with Crippen LogP contribution in [0.4, 0.5) is 4.39 Å². The molecule has 2 aromatic carbocycles. The Bertz CT molecular complexity index is 913. The highest BCUT2D eigenvalue weighted by molar-refractivity contribution is 7.16. The summed E-state index contributed by atoms with van der Waals surface area (Å²) in [4.78, 5) is 16.5. The van der Waals surface area contributed by atoms with E-state index in [1.807, 2.05) is 6.92 Å². The molecule has 1 N–H and O–H groups in total. The van der Waals surface area contributed by atoms with Gasteiger partial charge in [0.25, 0.3) is 5.91 Å². The van der Waals surface area contributed by atoms with E-state index in [-0.39, 0.29) is 18.2 Å². The first-order chi connectivity index (χ1) is 13.2. The van der Waals surface area contributed by atoms with Crippen LogP contribution in [-0.4, -0.2) is 30.7 Å². The molecule has 0 radical (unpaired) electrons. The standard InChI is InChI=1S/C20H21FN2O3S/c1-2-25-9-4-10-26-17-6-3-5-15(19(17)21)12-22-20(24)14-7-8-16-18(11-14)27-13-23-16/h3,5-8,11,13H,2,4,9-10,12H2,1H3,(H,22,24). The molecule has 0 unspecified atom stereocenters. The lowest BCUT2D eigenvalue weighted by Crippen LogP contribution is -2.23. The normalized spacial score (nSPS) is 10.9. The first-order valence-electron chi connectivity index (χ1n) is 8.78. The van der Waals surface area contributed by atoms with Crippen LogP contribution < -0.4 is 10.1 Å². The second kappa shape index (κ2) is 9.43. The number of carbonyl (C=O) groups excluding carboxylic acids is 1. The zero-order valence-electron chi connectivity index (χ0n) is 15.0. The number of aromatic nitrogens is 1. The molecule has 3 rings (SSSR count). The number of nitrogens with zero attached hydrogens (tertiary/aromatic N) is 1. The topological polar surface area (TPSA) is 60.5 Å². The Morgan fingerprint density at radius 3 is 3.00 bits per heavy atom. The van der Waals surface area contributed by atoms with Crippen LogP contribution in [0.2, 0.25) is 0 Å². The second-order valence-corrected chi connectivity index (χ2v) is 6.73. The van der Waals surface area contributed by atoms with Crippen molar-refractivity contribution in [2.24, 2.45) is 0 Å². The van der Waals surface area contributed by atoms with Crippen molar-refractivity contribution in [3.63, 3.8) is 0 Å². The van der Waals surface area contributed by atoms with Crippen molar-refractivity contribution in [3.05, 3.63) is 58.9 Å². The smallest absolute Gasteiger partial charge is 0.251 e. The summed E-state index contributed by atoms with van der Waals surface area (Å²) in [7, 11) is 0. The maximum absolute atomic E-state index is 14.6. The molecule has 0 bridgehead atoms. The molecule has 1 aromatic heterocycles. The van der Waals surface area contributed by atoms with Gasteiger partial charge in [0, 0.05) is 37.3 Å². The predicted octanol–water partition coefficient (Wildman–Crippen LogP) is 4.17. The molecule has 5 nitrogen and oxygen atoms in total. The molecule has 0 spiro atoms. The lowest BCUT2D eigenvalue weighted by molar-refractivity contribution is 0.0950. The molecule has 0 atom stereocenters. The maximum atomic E-state index is 14.6. The van der Waals surface area contributed by atoms with E-state index in [1.165, 1.54) is 11.3 Å². The Kier molecular flexibility index (Phi) is 6.73. The molecule has 142 valence electrons. The number of hydrogen-bond acceptors (Lipinski definition) is 5. The highest BCUT2D eigenvalue weighted by Crippen LogP contribution is 2.21. The Balaban J connectivity index is 1.58. The molecule has 27 heavy (non-hydrogen) atoms. The van der Waals surface area contributed by atoms with Crippen LogP contribution in [0.15, 0.2) is 41.9 Å². The minimum atomic E-state index is -0.452. The lowest BCUT2D eigenvalue weighted by Gasteiger charge is -2.11. The van der Waals surface area contributed by atoms with Crippen LogP contribution in [0.1, 0.15) is 29.3 Å². The van der Waals surface area contributed by atoms with Crippen molar-refractivity contribution in [1.29, 1.82) is 0 Å². The highest BCUT2D eigenvalue weighted by atomic mass is 32.1. The van der Waals surface area contributed by atoms with E-state index in [0.29, 0.717) is 37.4 Å². The Morgan fingerprint density at radius 2 is 2.15 bits per heavy atom. The van der Waals surface area contributed by atoms with E-state index in [2.05, 4.69) is 10.3 Å². The van der Waals surface area contributed by atoms with Gasteiger partial charge in [0.1, 0.15) is 0 Å². The van der Waals surface area contributed by atoms with Crippen molar-refractivity contribution in [1.82, 2.24) is 10.3 Å². The van der Waals surface area contributed by atoms with Gasteiger partial charge in [0.2, 0.25) is 0 Å². The molecule has 0 aliphatic rings. The summed E-state index contributed by atoms with van der Waals surface area (Å²) in [6, 6.07) is 10.2. The molecule has 7 heteroatoms. The fourth-order valence-electron chi connectivity index (χ4n) is 2.57. The third-order valence-electron chi connectivity index (χ3n) is 3.97. The molecule has 1 heterocycles. The average Bonchev–Trinajstić information content (AvgIpc) is 3.15. The highest BCUT2D eigenvalue weighted by Gasteiger charge is 2.12. The summed E-state index contributed by atoms with van der Waals surface area (Å²) in [5.74, 6) is -0.524. The number of nitrogens with one attached hydrogen (secondary N) is 1.